The lowest BCUT2D eigenvalue weighted by Gasteiger charge is -2.33. The predicted octanol–water partition coefficient (Wildman–Crippen LogP) is 4.22. The van der Waals surface area contributed by atoms with E-state index in [-0.39, 0.29) is 0 Å². The molecule has 2 rings (SSSR count). The van der Waals surface area contributed by atoms with Gasteiger partial charge in [0.25, 0.3) is 0 Å². The summed E-state index contributed by atoms with van der Waals surface area (Å²) in [5.74, 6) is 0.919. The Labute approximate surface area is 132 Å². The average molecular weight is 339 g/mol. The Balaban J connectivity index is 1.87. The number of halogens is 1. The van der Waals surface area contributed by atoms with Crippen molar-refractivity contribution < 1.29 is 0 Å². The van der Waals surface area contributed by atoms with Crippen molar-refractivity contribution in [2.45, 2.75) is 38.6 Å². The summed E-state index contributed by atoms with van der Waals surface area (Å²) in [6, 6.07) is 9.11. The standard InChI is InChI=1S/C17H27BrN2/c1-3-14-6-5-10-20(13-14)11-9-17(19-2)15-7-4-8-16(18)12-15/h4,7-8,12,14,17,19H,3,5-6,9-11,13H2,1-2H3. The number of hydrogen-bond donors (Lipinski definition) is 1. The lowest BCUT2D eigenvalue weighted by molar-refractivity contribution is 0.165. The van der Waals surface area contributed by atoms with Gasteiger partial charge in [-0.25, -0.2) is 0 Å². The second-order valence-corrected chi connectivity index (χ2v) is 6.82. The summed E-state index contributed by atoms with van der Waals surface area (Å²) in [5.41, 5.74) is 1.38. The number of likely N-dealkylation sites (tertiary alicyclic amines) is 1. The molecule has 0 saturated carbocycles. The number of nitrogens with one attached hydrogen (secondary N) is 1. The van der Waals surface area contributed by atoms with Gasteiger partial charge in [-0.2, -0.15) is 0 Å². The molecule has 20 heavy (non-hydrogen) atoms. The highest BCUT2D eigenvalue weighted by Gasteiger charge is 2.19. The van der Waals surface area contributed by atoms with Gasteiger partial charge in [0.15, 0.2) is 0 Å². The van der Waals surface area contributed by atoms with Gasteiger partial charge in [-0.1, -0.05) is 41.4 Å². The summed E-state index contributed by atoms with van der Waals surface area (Å²) in [7, 11) is 2.07. The minimum Gasteiger partial charge on any atom is -0.313 e. The van der Waals surface area contributed by atoms with Crippen LogP contribution in [0.25, 0.3) is 0 Å². The maximum absolute atomic E-state index is 3.57. The summed E-state index contributed by atoms with van der Waals surface area (Å²) in [4.78, 5) is 2.65. The first-order chi connectivity index (χ1) is 9.72. The monoisotopic (exact) mass is 338 g/mol. The van der Waals surface area contributed by atoms with Crippen LogP contribution < -0.4 is 5.32 Å². The molecule has 0 aliphatic carbocycles. The summed E-state index contributed by atoms with van der Waals surface area (Å²) >= 11 is 3.57. The first kappa shape index (κ1) is 16.0. The van der Waals surface area contributed by atoms with Gasteiger partial charge in [0, 0.05) is 17.1 Å². The van der Waals surface area contributed by atoms with Gasteiger partial charge >= 0.3 is 0 Å². The summed E-state index contributed by atoms with van der Waals surface area (Å²) in [6.07, 6.45) is 5.31. The zero-order valence-corrected chi connectivity index (χ0v) is 14.3. The van der Waals surface area contributed by atoms with Crippen molar-refractivity contribution >= 4 is 15.9 Å². The topological polar surface area (TPSA) is 15.3 Å². The maximum Gasteiger partial charge on any atom is 0.0330 e. The quantitative estimate of drug-likeness (QED) is 0.835. The largest absolute Gasteiger partial charge is 0.313 e. The molecular formula is C17H27BrN2. The molecule has 0 bridgehead atoms. The van der Waals surface area contributed by atoms with Crippen molar-refractivity contribution in [2.75, 3.05) is 26.7 Å². The van der Waals surface area contributed by atoms with E-state index in [4.69, 9.17) is 0 Å². The molecule has 1 aliphatic heterocycles. The lowest BCUT2D eigenvalue weighted by atomic mass is 9.95. The Morgan fingerprint density at radius 1 is 1.45 bits per heavy atom. The molecule has 2 nitrogen and oxygen atoms in total. The van der Waals surface area contributed by atoms with Crippen molar-refractivity contribution in [3.8, 4) is 0 Å². The van der Waals surface area contributed by atoms with E-state index >= 15 is 0 Å². The Bertz CT molecular complexity index is 408. The van der Waals surface area contributed by atoms with Crippen molar-refractivity contribution in [2.24, 2.45) is 5.92 Å². The highest BCUT2D eigenvalue weighted by atomic mass is 79.9. The van der Waals surface area contributed by atoms with Crippen LogP contribution >= 0.6 is 15.9 Å². The Morgan fingerprint density at radius 2 is 2.30 bits per heavy atom. The van der Waals surface area contributed by atoms with E-state index in [0.29, 0.717) is 6.04 Å². The minimum atomic E-state index is 0.453. The van der Waals surface area contributed by atoms with E-state index < -0.39 is 0 Å². The second kappa shape index (κ2) is 8.16. The van der Waals surface area contributed by atoms with Crippen LogP contribution in [0.4, 0.5) is 0 Å². The van der Waals surface area contributed by atoms with E-state index in [1.165, 1.54) is 55.4 Å². The minimum absolute atomic E-state index is 0.453. The van der Waals surface area contributed by atoms with E-state index in [1.54, 1.807) is 0 Å². The molecule has 1 aromatic carbocycles. The van der Waals surface area contributed by atoms with E-state index in [9.17, 15) is 0 Å². The number of nitrogens with zero attached hydrogens (tertiary/aromatic N) is 1. The molecule has 0 amide bonds. The fourth-order valence-corrected chi connectivity index (χ4v) is 3.62. The molecule has 112 valence electrons. The molecule has 2 unspecified atom stereocenters. The Morgan fingerprint density at radius 3 is 3.00 bits per heavy atom. The predicted molar refractivity (Wildman–Crippen MR) is 90.0 cm³/mol. The molecule has 0 radical (unpaired) electrons. The summed E-state index contributed by atoms with van der Waals surface area (Å²) in [6.45, 7) is 6.11. The maximum atomic E-state index is 3.57. The number of benzene rings is 1. The van der Waals surface area contributed by atoms with E-state index in [1.807, 2.05) is 0 Å². The van der Waals surface area contributed by atoms with Crippen LogP contribution in [-0.2, 0) is 0 Å². The Hall–Kier alpha value is -0.380. The molecular weight excluding hydrogens is 312 g/mol. The average Bonchev–Trinajstić information content (AvgIpc) is 2.48. The fraction of sp³-hybridized carbons (Fsp3) is 0.647. The molecule has 3 heteroatoms. The van der Waals surface area contributed by atoms with Crippen LogP contribution in [-0.4, -0.2) is 31.6 Å². The molecule has 1 aromatic rings. The van der Waals surface area contributed by atoms with Crippen molar-refractivity contribution in [1.29, 1.82) is 0 Å². The van der Waals surface area contributed by atoms with E-state index in [2.05, 4.69) is 64.4 Å². The highest BCUT2D eigenvalue weighted by Crippen LogP contribution is 2.23. The second-order valence-electron chi connectivity index (χ2n) is 5.90. The van der Waals surface area contributed by atoms with Gasteiger partial charge in [0.05, 0.1) is 0 Å². The lowest BCUT2D eigenvalue weighted by Crippen LogP contribution is -2.37. The van der Waals surface area contributed by atoms with Crippen LogP contribution in [0.3, 0.4) is 0 Å². The summed E-state index contributed by atoms with van der Waals surface area (Å²) in [5, 5.41) is 3.46. The first-order valence-corrected chi connectivity index (χ1v) is 8.67. The molecule has 1 fully saturated rings. The van der Waals surface area contributed by atoms with Crippen LogP contribution in [0, 0.1) is 5.92 Å². The van der Waals surface area contributed by atoms with Gasteiger partial charge in [-0.05, 0) is 63.0 Å². The van der Waals surface area contributed by atoms with Crippen molar-refractivity contribution in [3.63, 3.8) is 0 Å². The van der Waals surface area contributed by atoms with Gasteiger partial charge in [0.2, 0.25) is 0 Å². The highest BCUT2D eigenvalue weighted by molar-refractivity contribution is 9.10. The summed E-state index contributed by atoms with van der Waals surface area (Å²) < 4.78 is 1.17. The zero-order chi connectivity index (χ0) is 14.4. The third-order valence-electron chi connectivity index (χ3n) is 4.51. The van der Waals surface area contributed by atoms with Gasteiger partial charge < -0.3 is 10.2 Å². The number of rotatable bonds is 6. The normalized spacial score (nSPS) is 21.9. The zero-order valence-electron chi connectivity index (χ0n) is 12.7. The fourth-order valence-electron chi connectivity index (χ4n) is 3.20. The van der Waals surface area contributed by atoms with Crippen molar-refractivity contribution in [3.05, 3.63) is 34.3 Å². The van der Waals surface area contributed by atoms with Crippen LogP contribution in [0.15, 0.2) is 28.7 Å². The smallest absolute Gasteiger partial charge is 0.0330 e. The van der Waals surface area contributed by atoms with Crippen LogP contribution in [0.2, 0.25) is 0 Å². The first-order valence-electron chi connectivity index (χ1n) is 7.88. The third-order valence-corrected chi connectivity index (χ3v) is 5.01. The van der Waals surface area contributed by atoms with Gasteiger partial charge in [0.1, 0.15) is 0 Å². The molecule has 0 aromatic heterocycles. The molecule has 1 heterocycles. The number of hydrogen-bond acceptors (Lipinski definition) is 2. The third kappa shape index (κ3) is 4.57. The molecule has 0 spiro atoms. The number of piperidine rings is 1. The molecule has 1 saturated heterocycles. The van der Waals surface area contributed by atoms with Crippen molar-refractivity contribution in [1.82, 2.24) is 10.2 Å². The molecule has 1 N–H and O–H groups in total. The van der Waals surface area contributed by atoms with Gasteiger partial charge in [-0.15, -0.1) is 0 Å². The molecule has 1 aliphatic rings. The molecule has 2 atom stereocenters. The van der Waals surface area contributed by atoms with Crippen LogP contribution in [0.5, 0.6) is 0 Å². The van der Waals surface area contributed by atoms with E-state index in [0.717, 1.165) is 5.92 Å². The van der Waals surface area contributed by atoms with Crippen LogP contribution in [0.1, 0.15) is 44.2 Å². The Kier molecular flexibility index (Phi) is 6.53. The SMILES string of the molecule is CCC1CCCN(CCC(NC)c2cccc(Br)c2)C1. The van der Waals surface area contributed by atoms with Gasteiger partial charge in [-0.3, -0.25) is 0 Å².